The van der Waals surface area contributed by atoms with E-state index in [9.17, 15) is 24.0 Å². The Morgan fingerprint density at radius 2 is 1.69 bits per heavy atom. The number of carbonyl (C=O) groups excluding carboxylic acids is 4. The van der Waals surface area contributed by atoms with E-state index >= 15 is 0 Å². The summed E-state index contributed by atoms with van der Waals surface area (Å²) in [5.41, 5.74) is 4.71. The van der Waals surface area contributed by atoms with Crippen LogP contribution < -0.4 is 15.8 Å². The molecule has 4 amide bonds. The number of nitrogens with one attached hydrogen (secondary N) is 1. The number of nitrogens with zero attached hydrogens (tertiary/aromatic N) is 5. The molecule has 2 atom stereocenters. The van der Waals surface area contributed by atoms with Crippen LogP contribution in [0, 0.1) is 17.8 Å². The number of imide groups is 2. The van der Waals surface area contributed by atoms with Crippen LogP contribution in [0.5, 0.6) is 0 Å². The summed E-state index contributed by atoms with van der Waals surface area (Å²) in [7, 11) is 0. The van der Waals surface area contributed by atoms with Crippen molar-refractivity contribution >= 4 is 57.5 Å². The second-order valence-corrected chi connectivity index (χ2v) is 16.9. The number of benzene rings is 2. The molecule has 4 fully saturated rings. The van der Waals surface area contributed by atoms with Gasteiger partial charge >= 0.3 is 0 Å². The molecule has 2 aliphatic carbocycles. The van der Waals surface area contributed by atoms with Crippen LogP contribution in [0.4, 0.5) is 5.69 Å². The third-order valence-corrected chi connectivity index (χ3v) is 13.9. The van der Waals surface area contributed by atoms with Crippen LogP contribution in [-0.2, 0) is 15.0 Å². The highest BCUT2D eigenvalue weighted by Crippen LogP contribution is 2.55. The second-order valence-electron chi connectivity index (χ2n) is 16.5. The first-order valence-electron chi connectivity index (χ1n) is 19.7. The summed E-state index contributed by atoms with van der Waals surface area (Å²) in [6.45, 7) is 4.93. The van der Waals surface area contributed by atoms with Gasteiger partial charge in [-0.2, -0.15) is 4.98 Å². The predicted octanol–water partition coefficient (Wildman–Crippen LogP) is 5.30. The van der Waals surface area contributed by atoms with Crippen molar-refractivity contribution in [2.24, 2.45) is 17.8 Å². The maximum Gasteiger partial charge on any atom is 0.282 e. The SMILES string of the molecule is O=C1CCC(N2C(=O)c3ccc(N4CC(CN5CCC(C6C=CC7=C(C6)n6c(nc(=O)c8c(Cl)cccc86)C76CCCCC6)CC5)C4)cc3C2=O)C(=O)N1. The molecule has 1 saturated carbocycles. The fraction of sp³-hybridized carbons (Fsp3) is 0.476. The van der Waals surface area contributed by atoms with Gasteiger partial charge in [0.2, 0.25) is 11.8 Å². The quantitative estimate of drug-likeness (QED) is 0.349. The number of halogens is 1. The molecule has 1 aromatic heterocycles. The lowest BCUT2D eigenvalue weighted by atomic mass is 9.67. The first-order valence-corrected chi connectivity index (χ1v) is 20.0. The van der Waals surface area contributed by atoms with Gasteiger partial charge in [-0.15, -0.1) is 0 Å². The Kier molecular flexibility index (Phi) is 8.00. The number of aromatic nitrogens is 2. The third-order valence-electron chi connectivity index (χ3n) is 13.5. The fourth-order valence-electron chi connectivity index (χ4n) is 10.8. The minimum absolute atomic E-state index is 0.101. The first kappa shape index (κ1) is 33.9. The van der Waals surface area contributed by atoms with Crippen LogP contribution in [0.2, 0.25) is 5.02 Å². The summed E-state index contributed by atoms with van der Waals surface area (Å²) >= 11 is 6.60. The summed E-state index contributed by atoms with van der Waals surface area (Å²) in [4.78, 5) is 74.6. The maximum absolute atomic E-state index is 13.4. The Bertz CT molecular complexity index is 2280. The van der Waals surface area contributed by atoms with Crippen LogP contribution in [-0.4, -0.2) is 81.7 Å². The van der Waals surface area contributed by atoms with E-state index in [4.69, 9.17) is 16.6 Å². The monoisotopic (exact) mass is 746 g/mol. The number of likely N-dealkylation sites (tertiary alicyclic amines) is 1. The zero-order chi connectivity index (χ0) is 36.9. The molecule has 54 heavy (non-hydrogen) atoms. The van der Waals surface area contributed by atoms with Gasteiger partial charge in [0.1, 0.15) is 11.9 Å². The van der Waals surface area contributed by atoms with Gasteiger partial charge in [-0.3, -0.25) is 34.2 Å². The summed E-state index contributed by atoms with van der Waals surface area (Å²) in [5, 5.41) is 3.24. The number of hydrogen-bond donors (Lipinski definition) is 1. The smallest absolute Gasteiger partial charge is 0.282 e. The van der Waals surface area contributed by atoms with E-state index < -0.39 is 23.8 Å². The molecule has 2 unspecified atom stereocenters. The molecular weight excluding hydrogens is 704 g/mol. The lowest BCUT2D eigenvalue weighted by molar-refractivity contribution is -0.136. The lowest BCUT2D eigenvalue weighted by Gasteiger charge is -2.45. The van der Waals surface area contributed by atoms with Crippen LogP contribution in [0.3, 0.4) is 0 Å². The zero-order valence-electron chi connectivity index (χ0n) is 30.2. The molecule has 278 valence electrons. The van der Waals surface area contributed by atoms with Crippen molar-refractivity contribution in [1.29, 1.82) is 0 Å². The number of fused-ring (bicyclic) bond motifs is 7. The van der Waals surface area contributed by atoms with E-state index in [1.807, 2.05) is 18.2 Å². The third kappa shape index (κ3) is 5.17. The number of hydrogen-bond acceptors (Lipinski definition) is 8. The second kappa shape index (κ2) is 12.7. The molecule has 3 aromatic rings. The first-order chi connectivity index (χ1) is 26.2. The van der Waals surface area contributed by atoms with Gasteiger partial charge in [-0.25, -0.2) is 0 Å². The molecule has 5 aliphatic heterocycles. The molecule has 1 N–H and O–H groups in total. The van der Waals surface area contributed by atoms with Crippen molar-refractivity contribution in [3.05, 3.63) is 86.5 Å². The largest absolute Gasteiger partial charge is 0.371 e. The van der Waals surface area contributed by atoms with Crippen LogP contribution >= 0.6 is 11.6 Å². The summed E-state index contributed by atoms with van der Waals surface area (Å²) in [6, 6.07) is 10.2. The van der Waals surface area contributed by atoms with Crippen LogP contribution in [0.25, 0.3) is 16.6 Å². The normalized spacial score (nSPS) is 25.7. The van der Waals surface area contributed by atoms with Gasteiger partial charge in [0, 0.05) is 43.4 Å². The van der Waals surface area contributed by atoms with E-state index in [1.54, 1.807) is 18.2 Å². The maximum atomic E-state index is 13.4. The molecule has 6 heterocycles. The Labute approximate surface area is 318 Å². The molecule has 0 radical (unpaired) electrons. The van der Waals surface area contributed by atoms with Crippen molar-refractivity contribution in [2.75, 3.05) is 37.6 Å². The van der Waals surface area contributed by atoms with Crippen molar-refractivity contribution in [1.82, 2.24) is 24.7 Å². The van der Waals surface area contributed by atoms with Crippen LogP contribution in [0.15, 0.2) is 58.9 Å². The van der Waals surface area contributed by atoms with Crippen molar-refractivity contribution in [3.8, 4) is 0 Å². The molecule has 0 bridgehead atoms. The van der Waals surface area contributed by atoms with Gasteiger partial charge < -0.3 is 14.4 Å². The minimum atomic E-state index is -0.961. The number of piperidine rings is 2. The molecule has 2 aromatic carbocycles. The van der Waals surface area contributed by atoms with E-state index in [2.05, 4.69) is 31.8 Å². The Balaban J connectivity index is 0.777. The molecule has 3 saturated heterocycles. The molecule has 7 aliphatic rings. The summed E-state index contributed by atoms with van der Waals surface area (Å²) in [6.07, 6.45) is 13.9. The van der Waals surface area contributed by atoms with Gasteiger partial charge in [0.25, 0.3) is 17.4 Å². The summed E-state index contributed by atoms with van der Waals surface area (Å²) < 4.78 is 2.32. The highest BCUT2D eigenvalue weighted by Gasteiger charge is 2.49. The van der Waals surface area contributed by atoms with Crippen molar-refractivity contribution < 1.29 is 19.2 Å². The average molecular weight is 747 g/mol. The number of carbonyl (C=O) groups is 4. The fourth-order valence-corrected chi connectivity index (χ4v) is 11.0. The van der Waals surface area contributed by atoms with Gasteiger partial charge in [-0.05, 0) is 99.4 Å². The van der Waals surface area contributed by atoms with E-state index in [0.717, 1.165) is 99.6 Å². The molecule has 11 nitrogen and oxygen atoms in total. The van der Waals surface area contributed by atoms with Gasteiger partial charge in [0.05, 0.1) is 32.5 Å². The van der Waals surface area contributed by atoms with Gasteiger partial charge in [0.15, 0.2) is 0 Å². The Morgan fingerprint density at radius 1 is 0.907 bits per heavy atom. The lowest BCUT2D eigenvalue weighted by Crippen LogP contribution is -2.54. The Hall–Kier alpha value is -4.61. The standard InChI is InChI=1S/C42H43ClN6O5/c43-31-5-4-6-32-36(31)38(52)45-41-42(15-2-1-3-16-42)30-10-7-26(19-34(30)48(32)41)25-13-17-46(18-14-25)21-24-22-47(23-24)27-8-9-28-29(20-27)40(54)49(39(28)53)33-11-12-35(50)44-37(33)51/h4-10,20,24-26,33H,1-3,11-19,21-23H2,(H,44,50,51). The highest BCUT2D eigenvalue weighted by atomic mass is 35.5. The van der Waals surface area contributed by atoms with E-state index in [0.29, 0.717) is 39.3 Å². The zero-order valence-corrected chi connectivity index (χ0v) is 30.9. The number of rotatable bonds is 5. The molecule has 1 spiro atoms. The predicted molar refractivity (Wildman–Crippen MR) is 204 cm³/mol. The van der Waals surface area contributed by atoms with E-state index in [1.165, 1.54) is 17.7 Å². The number of amides is 4. The topological polar surface area (TPSA) is 125 Å². The number of anilines is 1. The molecule has 10 rings (SSSR count). The molecular formula is C42H43ClN6O5. The number of allylic oxidation sites excluding steroid dienone is 4. The van der Waals surface area contributed by atoms with E-state index in [-0.39, 0.29) is 29.7 Å². The van der Waals surface area contributed by atoms with Crippen molar-refractivity contribution in [2.45, 2.75) is 75.7 Å². The van der Waals surface area contributed by atoms with Crippen molar-refractivity contribution in [3.63, 3.8) is 0 Å². The minimum Gasteiger partial charge on any atom is -0.371 e. The average Bonchev–Trinajstić information content (AvgIpc) is 3.56. The molecule has 12 heteroatoms. The Morgan fingerprint density at radius 3 is 2.46 bits per heavy atom. The highest BCUT2D eigenvalue weighted by molar-refractivity contribution is 6.35. The van der Waals surface area contributed by atoms with Gasteiger partial charge in [-0.1, -0.05) is 49.1 Å². The van der Waals surface area contributed by atoms with Crippen LogP contribution in [0.1, 0.15) is 90.7 Å². The summed E-state index contributed by atoms with van der Waals surface area (Å²) in [5.74, 6) is 0.542.